The summed E-state index contributed by atoms with van der Waals surface area (Å²) in [5, 5.41) is 0.158. The molecule has 0 bridgehead atoms. The maximum absolute atomic E-state index is 5.99. The SMILES string of the molecule is CC(C)Oc1nc(Cl)nc2c1ncn2C1CCCCO1. The minimum absolute atomic E-state index is 0.000229. The van der Waals surface area contributed by atoms with Gasteiger partial charge >= 0.3 is 0 Å². The van der Waals surface area contributed by atoms with E-state index < -0.39 is 0 Å². The van der Waals surface area contributed by atoms with Gasteiger partial charge in [0.1, 0.15) is 6.23 Å². The van der Waals surface area contributed by atoms with Crippen LogP contribution in [0.25, 0.3) is 11.2 Å². The number of hydrogen-bond donors (Lipinski definition) is 0. The maximum atomic E-state index is 5.99. The lowest BCUT2D eigenvalue weighted by molar-refractivity contribution is -0.0298. The fourth-order valence-corrected chi connectivity index (χ4v) is 2.48. The highest BCUT2D eigenvalue weighted by Gasteiger charge is 2.21. The fourth-order valence-electron chi connectivity index (χ4n) is 2.32. The summed E-state index contributed by atoms with van der Waals surface area (Å²) in [6.07, 6.45) is 4.87. The first-order valence-corrected chi connectivity index (χ1v) is 7.21. The standard InChI is InChI=1S/C13H17ClN4O2/c1-8(2)20-12-10-11(16-13(14)17-12)18(7-15-10)9-5-3-4-6-19-9/h7-9H,3-6H2,1-2H3. The van der Waals surface area contributed by atoms with E-state index in [0.29, 0.717) is 17.0 Å². The molecule has 0 spiro atoms. The quantitative estimate of drug-likeness (QED) is 0.815. The topological polar surface area (TPSA) is 62.1 Å². The van der Waals surface area contributed by atoms with Gasteiger partial charge in [-0.2, -0.15) is 9.97 Å². The van der Waals surface area contributed by atoms with Gasteiger partial charge in [-0.3, -0.25) is 4.57 Å². The van der Waals surface area contributed by atoms with E-state index >= 15 is 0 Å². The van der Waals surface area contributed by atoms with Crippen LogP contribution in [0.15, 0.2) is 6.33 Å². The van der Waals surface area contributed by atoms with Gasteiger partial charge in [-0.05, 0) is 44.7 Å². The zero-order valence-corrected chi connectivity index (χ0v) is 12.3. The van der Waals surface area contributed by atoms with Crippen LogP contribution < -0.4 is 4.74 Å². The predicted molar refractivity (Wildman–Crippen MR) is 74.9 cm³/mol. The van der Waals surface area contributed by atoms with Gasteiger partial charge in [0.2, 0.25) is 11.2 Å². The molecule has 0 radical (unpaired) electrons. The zero-order valence-electron chi connectivity index (χ0n) is 11.5. The Morgan fingerprint density at radius 3 is 2.95 bits per heavy atom. The summed E-state index contributed by atoms with van der Waals surface area (Å²) in [6, 6.07) is 0. The van der Waals surface area contributed by atoms with Crippen LogP contribution >= 0.6 is 11.6 Å². The van der Waals surface area contributed by atoms with Crippen LogP contribution in [-0.2, 0) is 4.74 Å². The number of aromatic nitrogens is 4. The third-order valence-corrected chi connectivity index (χ3v) is 3.34. The van der Waals surface area contributed by atoms with Crippen LogP contribution in [0.1, 0.15) is 39.3 Å². The smallest absolute Gasteiger partial charge is 0.247 e. The van der Waals surface area contributed by atoms with Crippen molar-refractivity contribution in [1.82, 2.24) is 19.5 Å². The molecule has 1 aliphatic rings. The second-order valence-electron chi connectivity index (χ2n) is 5.11. The van der Waals surface area contributed by atoms with Crippen molar-refractivity contribution in [2.75, 3.05) is 6.61 Å². The van der Waals surface area contributed by atoms with Crippen molar-refractivity contribution in [2.45, 2.75) is 45.4 Å². The van der Waals surface area contributed by atoms with Crippen LogP contribution in [0.3, 0.4) is 0 Å². The molecule has 20 heavy (non-hydrogen) atoms. The molecule has 2 aromatic heterocycles. The van der Waals surface area contributed by atoms with Crippen molar-refractivity contribution in [1.29, 1.82) is 0 Å². The normalized spacial score (nSPS) is 19.7. The molecule has 1 aliphatic heterocycles. The van der Waals surface area contributed by atoms with Crippen molar-refractivity contribution in [3.63, 3.8) is 0 Å². The molecule has 0 aliphatic carbocycles. The molecular formula is C13H17ClN4O2. The predicted octanol–water partition coefficient (Wildman–Crippen LogP) is 2.97. The largest absolute Gasteiger partial charge is 0.473 e. The first-order chi connectivity index (χ1) is 9.65. The summed E-state index contributed by atoms with van der Waals surface area (Å²) in [5.41, 5.74) is 1.28. The van der Waals surface area contributed by atoms with Gasteiger partial charge in [-0.15, -0.1) is 0 Å². The van der Waals surface area contributed by atoms with Gasteiger partial charge in [0.15, 0.2) is 11.2 Å². The molecule has 1 unspecified atom stereocenters. The molecule has 2 aromatic rings. The fraction of sp³-hybridized carbons (Fsp3) is 0.615. The van der Waals surface area contributed by atoms with Crippen LogP contribution in [0.2, 0.25) is 5.28 Å². The molecule has 1 atom stereocenters. The molecule has 0 aromatic carbocycles. The van der Waals surface area contributed by atoms with Crippen LogP contribution in [0, 0.1) is 0 Å². The van der Waals surface area contributed by atoms with Gasteiger partial charge in [0.25, 0.3) is 0 Å². The van der Waals surface area contributed by atoms with E-state index in [9.17, 15) is 0 Å². The Morgan fingerprint density at radius 1 is 1.40 bits per heavy atom. The lowest BCUT2D eigenvalue weighted by Gasteiger charge is -2.23. The van der Waals surface area contributed by atoms with E-state index in [1.165, 1.54) is 0 Å². The number of ether oxygens (including phenoxy) is 2. The van der Waals surface area contributed by atoms with E-state index in [2.05, 4.69) is 15.0 Å². The third-order valence-electron chi connectivity index (χ3n) is 3.18. The van der Waals surface area contributed by atoms with Gasteiger partial charge in [-0.25, -0.2) is 4.98 Å². The second kappa shape index (κ2) is 5.54. The molecular weight excluding hydrogens is 280 g/mol. The Balaban J connectivity index is 2.04. The molecule has 1 fully saturated rings. The zero-order chi connectivity index (χ0) is 14.1. The van der Waals surface area contributed by atoms with E-state index in [0.717, 1.165) is 25.9 Å². The highest BCUT2D eigenvalue weighted by Crippen LogP contribution is 2.29. The molecule has 3 heterocycles. The summed E-state index contributed by atoms with van der Waals surface area (Å²) < 4.78 is 13.3. The molecule has 0 N–H and O–H groups in total. The van der Waals surface area contributed by atoms with Crippen molar-refractivity contribution < 1.29 is 9.47 Å². The molecule has 0 amide bonds. The Hall–Kier alpha value is -1.40. The molecule has 7 heteroatoms. The summed E-state index contributed by atoms with van der Waals surface area (Å²) in [4.78, 5) is 12.8. The van der Waals surface area contributed by atoms with E-state index in [1.807, 2.05) is 18.4 Å². The molecule has 6 nitrogen and oxygen atoms in total. The van der Waals surface area contributed by atoms with E-state index in [-0.39, 0.29) is 17.6 Å². The Bertz CT molecular complexity index is 608. The summed E-state index contributed by atoms with van der Waals surface area (Å²) in [6.45, 7) is 4.63. The lowest BCUT2D eigenvalue weighted by Crippen LogP contribution is -2.17. The second-order valence-corrected chi connectivity index (χ2v) is 5.45. The summed E-state index contributed by atoms with van der Waals surface area (Å²) >= 11 is 5.99. The molecule has 108 valence electrons. The highest BCUT2D eigenvalue weighted by atomic mass is 35.5. The Kier molecular flexibility index (Phi) is 3.76. The van der Waals surface area contributed by atoms with E-state index in [1.54, 1.807) is 6.33 Å². The number of fused-ring (bicyclic) bond motifs is 1. The minimum atomic E-state index is -0.0355. The first kappa shape index (κ1) is 13.6. The number of halogens is 1. The minimum Gasteiger partial charge on any atom is -0.473 e. The summed E-state index contributed by atoms with van der Waals surface area (Å²) in [7, 11) is 0. The number of rotatable bonds is 3. The van der Waals surface area contributed by atoms with Gasteiger partial charge in [0, 0.05) is 6.61 Å². The molecule has 3 rings (SSSR count). The summed E-state index contributed by atoms with van der Waals surface area (Å²) in [5.74, 6) is 0.421. The Morgan fingerprint density at radius 2 is 2.25 bits per heavy atom. The van der Waals surface area contributed by atoms with Gasteiger partial charge in [-0.1, -0.05) is 0 Å². The van der Waals surface area contributed by atoms with Crippen LogP contribution in [0.5, 0.6) is 5.88 Å². The number of nitrogens with zero attached hydrogens (tertiary/aromatic N) is 4. The average molecular weight is 297 g/mol. The van der Waals surface area contributed by atoms with Crippen molar-refractivity contribution in [3.8, 4) is 5.88 Å². The third kappa shape index (κ3) is 2.58. The monoisotopic (exact) mass is 296 g/mol. The Labute approximate surface area is 122 Å². The van der Waals surface area contributed by atoms with Crippen molar-refractivity contribution in [3.05, 3.63) is 11.6 Å². The van der Waals surface area contributed by atoms with Crippen molar-refractivity contribution in [2.24, 2.45) is 0 Å². The highest BCUT2D eigenvalue weighted by molar-refractivity contribution is 6.28. The number of hydrogen-bond acceptors (Lipinski definition) is 5. The number of imidazole rings is 1. The molecule has 1 saturated heterocycles. The van der Waals surface area contributed by atoms with Gasteiger partial charge in [0.05, 0.1) is 12.4 Å². The first-order valence-electron chi connectivity index (χ1n) is 6.83. The van der Waals surface area contributed by atoms with Crippen LogP contribution in [-0.4, -0.2) is 32.2 Å². The average Bonchev–Trinajstić information content (AvgIpc) is 2.82. The maximum Gasteiger partial charge on any atom is 0.247 e. The lowest BCUT2D eigenvalue weighted by atomic mass is 10.2. The van der Waals surface area contributed by atoms with Crippen LogP contribution in [0.4, 0.5) is 0 Å². The van der Waals surface area contributed by atoms with E-state index in [4.69, 9.17) is 21.1 Å². The van der Waals surface area contributed by atoms with Gasteiger partial charge < -0.3 is 9.47 Å². The molecule has 0 saturated carbocycles. The van der Waals surface area contributed by atoms with Crippen molar-refractivity contribution >= 4 is 22.8 Å².